The van der Waals surface area contributed by atoms with Crippen LogP contribution >= 0.6 is 0 Å². The second-order valence-corrected chi connectivity index (χ2v) is 3.72. The van der Waals surface area contributed by atoms with Gasteiger partial charge < -0.3 is 15.5 Å². The molecule has 0 aliphatic rings. The maximum atomic E-state index is 11.9. The first-order valence-corrected chi connectivity index (χ1v) is 5.64. The lowest BCUT2D eigenvalue weighted by atomic mass is 10.4. The first-order chi connectivity index (χ1) is 8.08. The molecule has 6 nitrogen and oxygen atoms in total. The molecule has 0 spiro atoms. The van der Waals surface area contributed by atoms with E-state index in [1.807, 2.05) is 20.9 Å². The van der Waals surface area contributed by atoms with Crippen LogP contribution in [0.1, 0.15) is 13.8 Å². The molecule has 94 valence electrons. The van der Waals surface area contributed by atoms with Gasteiger partial charge in [-0.2, -0.15) is 0 Å². The van der Waals surface area contributed by atoms with Crippen molar-refractivity contribution in [2.24, 2.45) is 0 Å². The molecule has 1 aromatic heterocycles. The van der Waals surface area contributed by atoms with E-state index in [2.05, 4.69) is 9.97 Å². The number of hydrogen-bond donors (Lipinski definition) is 1. The highest BCUT2D eigenvalue weighted by Crippen LogP contribution is 2.09. The third kappa shape index (κ3) is 3.58. The van der Waals surface area contributed by atoms with Gasteiger partial charge in [-0.3, -0.25) is 4.79 Å². The number of hydrogen-bond acceptors (Lipinski definition) is 5. The predicted molar refractivity (Wildman–Crippen MR) is 67.6 cm³/mol. The Morgan fingerprint density at radius 1 is 1.35 bits per heavy atom. The van der Waals surface area contributed by atoms with E-state index in [0.29, 0.717) is 11.6 Å². The van der Waals surface area contributed by atoms with Crippen LogP contribution in [0.15, 0.2) is 12.4 Å². The molecule has 1 aromatic rings. The van der Waals surface area contributed by atoms with Gasteiger partial charge in [-0.05, 0) is 13.8 Å². The molecule has 1 rings (SSSR count). The summed E-state index contributed by atoms with van der Waals surface area (Å²) in [5, 5.41) is 0. The highest BCUT2D eigenvalue weighted by Gasteiger charge is 2.13. The monoisotopic (exact) mass is 237 g/mol. The molecule has 0 bridgehead atoms. The van der Waals surface area contributed by atoms with Crippen molar-refractivity contribution >= 4 is 17.5 Å². The van der Waals surface area contributed by atoms with Gasteiger partial charge in [-0.25, -0.2) is 9.97 Å². The van der Waals surface area contributed by atoms with Crippen molar-refractivity contribution in [3.8, 4) is 0 Å². The van der Waals surface area contributed by atoms with E-state index in [0.717, 1.165) is 13.1 Å². The van der Waals surface area contributed by atoms with Gasteiger partial charge in [0.1, 0.15) is 18.0 Å². The molecule has 0 aliphatic carbocycles. The zero-order valence-electron chi connectivity index (χ0n) is 10.6. The summed E-state index contributed by atoms with van der Waals surface area (Å²) in [6.45, 7) is 5.65. The lowest BCUT2D eigenvalue weighted by Gasteiger charge is -2.23. The van der Waals surface area contributed by atoms with Gasteiger partial charge in [0.25, 0.3) is 0 Å². The molecule has 6 heteroatoms. The molecule has 0 radical (unpaired) electrons. The Bertz CT molecular complexity index is 378. The van der Waals surface area contributed by atoms with E-state index in [1.165, 1.54) is 6.33 Å². The van der Waals surface area contributed by atoms with Crippen molar-refractivity contribution in [1.29, 1.82) is 0 Å². The second-order valence-electron chi connectivity index (χ2n) is 3.72. The highest BCUT2D eigenvalue weighted by molar-refractivity contribution is 5.81. The van der Waals surface area contributed by atoms with Crippen molar-refractivity contribution in [3.63, 3.8) is 0 Å². The van der Waals surface area contributed by atoms with Gasteiger partial charge in [0, 0.05) is 26.2 Å². The van der Waals surface area contributed by atoms with E-state index in [9.17, 15) is 4.79 Å². The molecule has 2 N–H and O–H groups in total. The van der Waals surface area contributed by atoms with E-state index in [1.54, 1.807) is 15.9 Å². The zero-order valence-corrected chi connectivity index (χ0v) is 10.6. The predicted octanol–water partition coefficient (Wildman–Crippen LogP) is 0.363. The average molecular weight is 237 g/mol. The number of likely N-dealkylation sites (N-methyl/N-ethyl adjacent to an activating group) is 2. The van der Waals surface area contributed by atoms with Crippen molar-refractivity contribution in [2.45, 2.75) is 13.8 Å². The molecule has 17 heavy (non-hydrogen) atoms. The first-order valence-electron chi connectivity index (χ1n) is 5.64. The number of carbonyl (C=O) groups excluding carboxylic acids is 1. The summed E-state index contributed by atoms with van der Waals surface area (Å²) in [7, 11) is 1.81. The SMILES string of the molecule is CCN(CC)C(=O)CN(C)c1cc(N)ncn1. The average Bonchev–Trinajstić information content (AvgIpc) is 2.30. The number of anilines is 2. The molecular formula is C11H19N5O. The lowest BCUT2D eigenvalue weighted by molar-refractivity contribution is -0.129. The summed E-state index contributed by atoms with van der Waals surface area (Å²) in [6, 6.07) is 1.65. The van der Waals surface area contributed by atoms with E-state index >= 15 is 0 Å². The number of nitrogen functional groups attached to an aromatic ring is 1. The smallest absolute Gasteiger partial charge is 0.242 e. The van der Waals surface area contributed by atoms with Crippen LogP contribution in [0, 0.1) is 0 Å². The van der Waals surface area contributed by atoms with Crippen LogP contribution < -0.4 is 10.6 Å². The minimum absolute atomic E-state index is 0.0784. The Kier molecular flexibility index (Phi) is 4.68. The number of carbonyl (C=O) groups is 1. The molecule has 0 unspecified atom stereocenters. The molecule has 0 saturated heterocycles. The molecule has 1 heterocycles. The second kappa shape index (κ2) is 6.03. The first kappa shape index (κ1) is 13.2. The lowest BCUT2D eigenvalue weighted by Crippen LogP contribution is -2.39. The maximum Gasteiger partial charge on any atom is 0.242 e. The van der Waals surface area contributed by atoms with Crippen LogP contribution in [0.3, 0.4) is 0 Å². The van der Waals surface area contributed by atoms with Crippen LogP contribution in [0.4, 0.5) is 11.6 Å². The van der Waals surface area contributed by atoms with Crippen molar-refractivity contribution in [2.75, 3.05) is 37.3 Å². The molecule has 0 atom stereocenters. The highest BCUT2D eigenvalue weighted by atomic mass is 16.2. The van der Waals surface area contributed by atoms with Gasteiger partial charge in [-0.1, -0.05) is 0 Å². The summed E-state index contributed by atoms with van der Waals surface area (Å²) in [5.74, 6) is 1.13. The Balaban J connectivity index is 2.66. The van der Waals surface area contributed by atoms with E-state index < -0.39 is 0 Å². The summed E-state index contributed by atoms with van der Waals surface area (Å²) < 4.78 is 0. The standard InChI is InChI=1S/C11H19N5O/c1-4-16(5-2)11(17)7-15(3)10-6-9(12)13-8-14-10/h6,8H,4-5,7H2,1-3H3,(H2,12,13,14). The minimum atomic E-state index is 0.0784. The van der Waals surface area contributed by atoms with Crippen LogP contribution in [-0.2, 0) is 4.79 Å². The zero-order chi connectivity index (χ0) is 12.8. The van der Waals surface area contributed by atoms with Gasteiger partial charge in [0.2, 0.25) is 5.91 Å². The van der Waals surface area contributed by atoms with E-state index in [-0.39, 0.29) is 12.5 Å². The third-order valence-electron chi connectivity index (χ3n) is 2.55. The quantitative estimate of drug-likeness (QED) is 0.800. The minimum Gasteiger partial charge on any atom is -0.384 e. The van der Waals surface area contributed by atoms with Crippen molar-refractivity contribution in [1.82, 2.24) is 14.9 Å². The number of nitrogens with two attached hydrogens (primary N) is 1. The van der Waals surface area contributed by atoms with Crippen molar-refractivity contribution in [3.05, 3.63) is 12.4 Å². The van der Waals surface area contributed by atoms with Crippen LogP contribution in [0.2, 0.25) is 0 Å². The molecule has 0 aliphatic heterocycles. The molecular weight excluding hydrogens is 218 g/mol. The van der Waals surface area contributed by atoms with Gasteiger partial charge in [0.15, 0.2) is 0 Å². The maximum absolute atomic E-state index is 11.9. The Hall–Kier alpha value is -1.85. The van der Waals surface area contributed by atoms with Gasteiger partial charge >= 0.3 is 0 Å². The fourth-order valence-corrected chi connectivity index (χ4v) is 1.53. The van der Waals surface area contributed by atoms with Crippen LogP contribution in [0.5, 0.6) is 0 Å². The number of nitrogens with zero attached hydrogens (tertiary/aromatic N) is 4. The number of amides is 1. The molecule has 0 fully saturated rings. The van der Waals surface area contributed by atoms with Crippen molar-refractivity contribution < 1.29 is 4.79 Å². The van der Waals surface area contributed by atoms with Gasteiger partial charge in [-0.15, -0.1) is 0 Å². The van der Waals surface area contributed by atoms with Gasteiger partial charge in [0.05, 0.1) is 6.54 Å². The normalized spacial score (nSPS) is 10.1. The number of rotatable bonds is 5. The summed E-state index contributed by atoms with van der Waals surface area (Å²) in [5.41, 5.74) is 5.57. The largest absolute Gasteiger partial charge is 0.384 e. The van der Waals surface area contributed by atoms with Crippen LogP contribution in [0.25, 0.3) is 0 Å². The number of aromatic nitrogens is 2. The third-order valence-corrected chi connectivity index (χ3v) is 2.55. The molecule has 0 aromatic carbocycles. The van der Waals surface area contributed by atoms with Crippen LogP contribution in [-0.4, -0.2) is 47.5 Å². The topological polar surface area (TPSA) is 75.4 Å². The molecule has 1 amide bonds. The Labute approximate surface area is 101 Å². The summed E-state index contributed by atoms with van der Waals surface area (Å²) in [4.78, 5) is 23.3. The Morgan fingerprint density at radius 2 is 2.00 bits per heavy atom. The fourth-order valence-electron chi connectivity index (χ4n) is 1.53. The fraction of sp³-hybridized carbons (Fsp3) is 0.545. The summed E-state index contributed by atoms with van der Waals surface area (Å²) >= 11 is 0. The molecule has 0 saturated carbocycles. The summed E-state index contributed by atoms with van der Waals surface area (Å²) in [6.07, 6.45) is 1.39. The van der Waals surface area contributed by atoms with E-state index in [4.69, 9.17) is 5.73 Å². The Morgan fingerprint density at radius 3 is 2.53 bits per heavy atom.